The number of halogens is 5. The number of aromatic nitrogens is 3. The summed E-state index contributed by atoms with van der Waals surface area (Å²) in [5, 5.41) is 11.5. The van der Waals surface area contributed by atoms with Crippen LogP contribution in [0.5, 0.6) is 0 Å². The monoisotopic (exact) mass is 567 g/mol. The van der Waals surface area contributed by atoms with E-state index in [2.05, 4.69) is 20.3 Å². The van der Waals surface area contributed by atoms with Crippen LogP contribution in [0.2, 0.25) is 0 Å². The van der Waals surface area contributed by atoms with Crippen LogP contribution in [0.25, 0.3) is 0 Å². The number of ether oxygens (including phenoxy) is 3. The number of nitrogens with one attached hydrogen (secondary N) is 1. The van der Waals surface area contributed by atoms with Crippen LogP contribution in [-0.4, -0.2) is 66.1 Å². The molecule has 1 aromatic heterocycles. The fraction of sp³-hybridized carbons (Fsp3) is 0.481. The van der Waals surface area contributed by atoms with Crippen molar-refractivity contribution in [3.05, 3.63) is 76.5 Å². The van der Waals surface area contributed by atoms with Crippen LogP contribution in [0.15, 0.2) is 42.5 Å². The first-order chi connectivity index (χ1) is 19.1. The van der Waals surface area contributed by atoms with E-state index in [-0.39, 0.29) is 12.2 Å². The molecule has 3 aromatic rings. The first-order valence-corrected chi connectivity index (χ1v) is 12.9. The number of hydrogen-bond donors (Lipinski definition) is 1. The zero-order valence-electron chi connectivity index (χ0n) is 22.0. The average molecular weight is 568 g/mol. The van der Waals surface area contributed by atoms with E-state index in [9.17, 15) is 22.0 Å². The number of H-pyrrole nitrogens is 1. The van der Waals surface area contributed by atoms with Gasteiger partial charge in [0, 0.05) is 26.2 Å². The number of anilines is 1. The zero-order chi connectivity index (χ0) is 28.5. The summed E-state index contributed by atoms with van der Waals surface area (Å²) in [6.45, 7) is 7.15. The van der Waals surface area contributed by atoms with Gasteiger partial charge < -0.3 is 19.1 Å². The summed E-state index contributed by atoms with van der Waals surface area (Å²) >= 11 is 0. The van der Waals surface area contributed by atoms with E-state index in [1.807, 2.05) is 11.8 Å². The molecule has 8 nitrogen and oxygen atoms in total. The Kier molecular flexibility index (Phi) is 8.09. The highest BCUT2D eigenvalue weighted by Gasteiger charge is 2.48. The highest BCUT2D eigenvalue weighted by atomic mass is 19.4. The van der Waals surface area contributed by atoms with Crippen LogP contribution in [0.3, 0.4) is 0 Å². The van der Waals surface area contributed by atoms with Crippen molar-refractivity contribution in [1.82, 2.24) is 20.3 Å². The summed E-state index contributed by atoms with van der Waals surface area (Å²) in [6, 6.07) is 8.14. The van der Waals surface area contributed by atoms with Crippen molar-refractivity contribution in [2.75, 3.05) is 44.4 Å². The normalized spacial score (nSPS) is 23.4. The molecule has 216 valence electrons. The van der Waals surface area contributed by atoms with Crippen LogP contribution in [0, 0.1) is 11.6 Å². The number of benzene rings is 2. The summed E-state index contributed by atoms with van der Waals surface area (Å²) in [5.74, 6) is -0.911. The highest BCUT2D eigenvalue weighted by molar-refractivity contribution is 5.50. The quantitative estimate of drug-likeness (QED) is 0.412. The van der Waals surface area contributed by atoms with Crippen LogP contribution in [0.1, 0.15) is 42.3 Å². The Bertz CT molecular complexity index is 1300. The maximum Gasteiger partial charge on any atom is 0.416 e. The molecular formula is C27H30F5N5O3. The third-order valence-corrected chi connectivity index (χ3v) is 7.41. The Morgan fingerprint density at radius 1 is 1.02 bits per heavy atom. The van der Waals surface area contributed by atoms with E-state index in [0.717, 1.165) is 25.2 Å². The van der Waals surface area contributed by atoms with Gasteiger partial charge in [-0.1, -0.05) is 12.1 Å². The summed E-state index contributed by atoms with van der Waals surface area (Å²) in [5.41, 5.74) is -0.910. The Hall–Kier alpha value is -3.13. The number of alkyl halides is 3. The van der Waals surface area contributed by atoms with Gasteiger partial charge in [0.2, 0.25) is 0 Å². The van der Waals surface area contributed by atoms with Crippen LogP contribution in [0.4, 0.5) is 27.8 Å². The van der Waals surface area contributed by atoms with Gasteiger partial charge in [0.05, 0.1) is 31.5 Å². The van der Waals surface area contributed by atoms with E-state index in [1.54, 1.807) is 12.1 Å². The molecule has 3 atom stereocenters. The number of morpholine rings is 2. The molecule has 2 aromatic carbocycles. The molecule has 0 radical (unpaired) electrons. The minimum Gasteiger partial charge on any atom is -0.379 e. The number of hydrogen-bond acceptors (Lipinski definition) is 7. The predicted molar refractivity (Wildman–Crippen MR) is 134 cm³/mol. The van der Waals surface area contributed by atoms with Crippen molar-refractivity contribution in [2.24, 2.45) is 0 Å². The van der Waals surface area contributed by atoms with Gasteiger partial charge in [-0.15, -0.1) is 5.10 Å². The Morgan fingerprint density at radius 3 is 2.45 bits per heavy atom. The molecule has 2 saturated heterocycles. The highest BCUT2D eigenvalue weighted by Crippen LogP contribution is 2.42. The summed E-state index contributed by atoms with van der Waals surface area (Å²) in [6.07, 6.45) is -6.75. The van der Waals surface area contributed by atoms with E-state index in [4.69, 9.17) is 14.2 Å². The standard InChI is InChI=1S/C27H30F5N5O3/c1-17(18-13-20(27(30,31)32)15-22(29)14-18)40-25-26(2,19-3-5-21(28)6-4-19)37(9-12-39-25)24-23(33-35-34-24)16-36-7-10-38-11-8-36/h3-6,13-15,17,25H,7-12,16H2,1-2H3,(H,33,34,35)/t17-,25-,26+/m1/s1. The molecule has 0 bridgehead atoms. The van der Waals surface area contributed by atoms with E-state index in [1.165, 1.54) is 19.1 Å². The summed E-state index contributed by atoms with van der Waals surface area (Å²) in [7, 11) is 0. The Balaban J connectivity index is 1.49. The average Bonchev–Trinajstić information content (AvgIpc) is 3.37. The van der Waals surface area contributed by atoms with Gasteiger partial charge in [-0.05, 0) is 55.3 Å². The fourth-order valence-electron chi connectivity index (χ4n) is 5.16. The van der Waals surface area contributed by atoms with Crippen molar-refractivity contribution in [3.8, 4) is 0 Å². The molecule has 13 heteroatoms. The molecule has 40 heavy (non-hydrogen) atoms. The van der Waals surface area contributed by atoms with Gasteiger partial charge >= 0.3 is 6.18 Å². The van der Waals surface area contributed by atoms with Crippen molar-refractivity contribution in [3.63, 3.8) is 0 Å². The van der Waals surface area contributed by atoms with Crippen LogP contribution < -0.4 is 4.90 Å². The lowest BCUT2D eigenvalue weighted by Crippen LogP contribution is -2.60. The maximum absolute atomic E-state index is 14.2. The van der Waals surface area contributed by atoms with Crippen molar-refractivity contribution in [2.45, 2.75) is 44.5 Å². The van der Waals surface area contributed by atoms with Gasteiger partial charge in [0.25, 0.3) is 0 Å². The number of nitrogens with zero attached hydrogens (tertiary/aromatic N) is 4. The third kappa shape index (κ3) is 5.82. The molecule has 0 unspecified atom stereocenters. The SMILES string of the molecule is C[C@@H](O[C@H]1OCCN(c2n[nH]nc2CN2CCOCC2)[C@@]1(C)c1ccc(F)cc1)c1cc(F)cc(C(F)(F)F)c1. The molecule has 3 heterocycles. The molecular weight excluding hydrogens is 537 g/mol. The smallest absolute Gasteiger partial charge is 0.379 e. The summed E-state index contributed by atoms with van der Waals surface area (Å²) < 4.78 is 85.9. The van der Waals surface area contributed by atoms with Gasteiger partial charge in [0.1, 0.15) is 22.9 Å². The Labute approximate surface area is 228 Å². The largest absolute Gasteiger partial charge is 0.416 e. The van der Waals surface area contributed by atoms with E-state index < -0.39 is 41.3 Å². The van der Waals surface area contributed by atoms with Crippen molar-refractivity contribution < 1.29 is 36.2 Å². The van der Waals surface area contributed by atoms with Gasteiger partial charge in [-0.3, -0.25) is 4.90 Å². The molecule has 0 aliphatic carbocycles. The predicted octanol–water partition coefficient (Wildman–Crippen LogP) is 4.79. The first kappa shape index (κ1) is 28.4. The number of rotatable bonds is 7. The maximum atomic E-state index is 14.2. The lowest BCUT2D eigenvalue weighted by molar-refractivity contribution is -0.216. The van der Waals surface area contributed by atoms with Crippen LogP contribution in [-0.2, 0) is 32.5 Å². The zero-order valence-corrected chi connectivity index (χ0v) is 22.0. The minimum absolute atomic E-state index is 0.00365. The molecule has 0 amide bonds. The number of aromatic amines is 1. The second kappa shape index (κ2) is 11.4. The lowest BCUT2D eigenvalue weighted by atomic mass is 9.87. The van der Waals surface area contributed by atoms with Gasteiger partial charge in [0.15, 0.2) is 12.1 Å². The molecule has 2 aliphatic heterocycles. The second-order valence-corrected chi connectivity index (χ2v) is 10.0. The van der Waals surface area contributed by atoms with Crippen molar-refractivity contribution in [1.29, 1.82) is 0 Å². The minimum atomic E-state index is -4.72. The molecule has 5 rings (SSSR count). The van der Waals surface area contributed by atoms with Gasteiger partial charge in [-0.2, -0.15) is 23.5 Å². The second-order valence-electron chi connectivity index (χ2n) is 10.0. The van der Waals surface area contributed by atoms with E-state index in [0.29, 0.717) is 49.4 Å². The fourth-order valence-corrected chi connectivity index (χ4v) is 5.16. The topological polar surface area (TPSA) is 75.7 Å². The van der Waals surface area contributed by atoms with E-state index >= 15 is 0 Å². The molecule has 2 aliphatic rings. The van der Waals surface area contributed by atoms with Gasteiger partial charge in [-0.25, -0.2) is 8.78 Å². The summed E-state index contributed by atoms with van der Waals surface area (Å²) in [4.78, 5) is 4.14. The first-order valence-electron chi connectivity index (χ1n) is 12.9. The third-order valence-electron chi connectivity index (χ3n) is 7.41. The van der Waals surface area contributed by atoms with Crippen LogP contribution >= 0.6 is 0 Å². The molecule has 0 spiro atoms. The molecule has 0 saturated carbocycles. The Morgan fingerprint density at radius 2 is 1.75 bits per heavy atom. The molecule has 1 N–H and O–H groups in total. The molecule has 2 fully saturated rings. The lowest BCUT2D eigenvalue weighted by Gasteiger charge is -2.50. The van der Waals surface area contributed by atoms with Crippen molar-refractivity contribution >= 4 is 5.82 Å².